The van der Waals surface area contributed by atoms with Crippen molar-refractivity contribution in [1.29, 1.82) is 0 Å². The first-order valence-corrected chi connectivity index (χ1v) is 8.21. The Morgan fingerprint density at radius 1 is 0.905 bits per heavy atom. The third-order valence-corrected chi connectivity index (χ3v) is 3.40. The number of unbranched alkanes of at least 4 members (excludes halogenated alkanes) is 6. The predicted octanol–water partition coefficient (Wildman–Crippen LogP) is 4.48. The summed E-state index contributed by atoms with van der Waals surface area (Å²) in [6, 6.07) is 0. The molecule has 4 heteroatoms. The summed E-state index contributed by atoms with van der Waals surface area (Å²) in [5, 5.41) is 8.50. The maximum absolute atomic E-state index is 11.6. The monoisotopic (exact) mass is 298 g/mol. The molecule has 4 nitrogen and oxygen atoms in total. The Balaban J connectivity index is 4.15. The summed E-state index contributed by atoms with van der Waals surface area (Å²) < 4.78 is 5.37. The largest absolute Gasteiger partial charge is 0.478 e. The van der Waals surface area contributed by atoms with Gasteiger partial charge in [0.1, 0.15) is 6.10 Å². The molecule has 0 atom stereocenters. The van der Waals surface area contributed by atoms with E-state index in [9.17, 15) is 9.59 Å². The van der Waals surface area contributed by atoms with Gasteiger partial charge in [0.2, 0.25) is 0 Å². The number of carbonyl (C=O) groups is 2. The van der Waals surface area contributed by atoms with Crippen molar-refractivity contribution in [3.05, 3.63) is 12.2 Å². The lowest BCUT2D eigenvalue weighted by molar-refractivity contribution is -0.144. The predicted molar refractivity (Wildman–Crippen MR) is 84.2 cm³/mol. The molecule has 0 unspecified atom stereocenters. The first-order valence-electron chi connectivity index (χ1n) is 8.21. The van der Waals surface area contributed by atoms with Gasteiger partial charge in [0, 0.05) is 12.2 Å². The highest BCUT2D eigenvalue weighted by Crippen LogP contribution is 2.15. The molecule has 0 rings (SSSR count). The zero-order valence-corrected chi connectivity index (χ0v) is 13.5. The van der Waals surface area contributed by atoms with Crippen LogP contribution in [0, 0.1) is 0 Å². The lowest BCUT2D eigenvalue weighted by atomic mass is 10.0. The topological polar surface area (TPSA) is 63.6 Å². The minimum atomic E-state index is -1.13. The summed E-state index contributed by atoms with van der Waals surface area (Å²) in [4.78, 5) is 21.9. The molecule has 0 aliphatic carbocycles. The Labute approximate surface area is 128 Å². The normalized spacial score (nSPS) is 11.2. The fraction of sp³-hybridized carbons (Fsp3) is 0.765. The van der Waals surface area contributed by atoms with E-state index in [4.69, 9.17) is 9.84 Å². The van der Waals surface area contributed by atoms with Gasteiger partial charge in [0.05, 0.1) is 0 Å². The summed E-state index contributed by atoms with van der Waals surface area (Å²) in [5.74, 6) is -1.68. The van der Waals surface area contributed by atoms with E-state index in [0.717, 1.165) is 50.7 Å². The van der Waals surface area contributed by atoms with E-state index in [-0.39, 0.29) is 6.10 Å². The number of ether oxygens (including phenoxy) is 1. The molecule has 0 spiro atoms. The number of esters is 1. The van der Waals surface area contributed by atoms with Crippen molar-refractivity contribution in [3.63, 3.8) is 0 Å². The van der Waals surface area contributed by atoms with Crippen LogP contribution in [0.15, 0.2) is 12.2 Å². The number of carboxylic acid groups (broad SMARTS) is 1. The minimum Gasteiger partial charge on any atom is -0.478 e. The van der Waals surface area contributed by atoms with Crippen molar-refractivity contribution >= 4 is 11.9 Å². The number of carbonyl (C=O) groups excluding carboxylic acids is 1. The van der Waals surface area contributed by atoms with Gasteiger partial charge in [-0.1, -0.05) is 52.4 Å². The van der Waals surface area contributed by atoms with Gasteiger partial charge in [-0.15, -0.1) is 0 Å². The van der Waals surface area contributed by atoms with Crippen LogP contribution < -0.4 is 0 Å². The molecule has 0 aromatic carbocycles. The molecule has 0 aromatic heterocycles. The minimum absolute atomic E-state index is 0.0790. The Hall–Kier alpha value is -1.32. The maximum atomic E-state index is 11.6. The fourth-order valence-electron chi connectivity index (χ4n) is 2.20. The second-order valence-corrected chi connectivity index (χ2v) is 5.43. The summed E-state index contributed by atoms with van der Waals surface area (Å²) >= 11 is 0. The molecule has 0 aromatic rings. The van der Waals surface area contributed by atoms with Crippen molar-refractivity contribution < 1.29 is 19.4 Å². The molecule has 0 radical (unpaired) electrons. The summed E-state index contributed by atoms with van der Waals surface area (Å²) in [7, 11) is 0. The summed E-state index contributed by atoms with van der Waals surface area (Å²) in [5.41, 5.74) is 0. The molecule has 0 aliphatic heterocycles. The number of hydrogen-bond acceptors (Lipinski definition) is 3. The maximum Gasteiger partial charge on any atom is 0.331 e. The Morgan fingerprint density at radius 2 is 1.43 bits per heavy atom. The van der Waals surface area contributed by atoms with Gasteiger partial charge < -0.3 is 9.84 Å². The highest BCUT2D eigenvalue weighted by atomic mass is 16.5. The lowest BCUT2D eigenvalue weighted by Crippen LogP contribution is -2.17. The molecule has 0 bridgehead atoms. The number of aliphatic carboxylic acids is 1. The fourth-order valence-corrected chi connectivity index (χ4v) is 2.20. The smallest absolute Gasteiger partial charge is 0.331 e. The molecular formula is C17H30O4. The molecular weight excluding hydrogens is 268 g/mol. The van der Waals surface area contributed by atoms with Crippen molar-refractivity contribution in [2.45, 2.75) is 84.2 Å². The average Bonchev–Trinajstić information content (AvgIpc) is 2.45. The first kappa shape index (κ1) is 19.7. The van der Waals surface area contributed by atoms with Crippen LogP contribution in [0.25, 0.3) is 0 Å². The zero-order chi connectivity index (χ0) is 15.9. The van der Waals surface area contributed by atoms with E-state index in [1.54, 1.807) is 0 Å². The van der Waals surface area contributed by atoms with Crippen LogP contribution in [0.4, 0.5) is 0 Å². The lowest BCUT2D eigenvalue weighted by Gasteiger charge is -2.17. The second-order valence-electron chi connectivity index (χ2n) is 5.43. The third-order valence-electron chi connectivity index (χ3n) is 3.40. The highest BCUT2D eigenvalue weighted by Gasteiger charge is 2.12. The Morgan fingerprint density at radius 3 is 1.86 bits per heavy atom. The van der Waals surface area contributed by atoms with Crippen LogP contribution in [0.1, 0.15) is 78.1 Å². The van der Waals surface area contributed by atoms with Gasteiger partial charge in [0.15, 0.2) is 0 Å². The standard InChI is InChI=1S/C17H30O4/c1-3-5-7-9-11-15(12-10-8-6-4-2)21-17(20)14-13-16(18)19/h13-15H,3-12H2,1-2H3,(H,18,19)/b14-13-. The summed E-state index contributed by atoms with van der Waals surface area (Å²) in [6.45, 7) is 4.33. The van der Waals surface area contributed by atoms with E-state index in [0.29, 0.717) is 0 Å². The van der Waals surface area contributed by atoms with Gasteiger partial charge in [0.25, 0.3) is 0 Å². The number of hydrogen-bond donors (Lipinski definition) is 1. The van der Waals surface area contributed by atoms with Gasteiger partial charge in [-0.25, -0.2) is 9.59 Å². The molecule has 122 valence electrons. The SMILES string of the molecule is CCCCCCC(CCCCCC)OC(=O)/C=C\C(=O)O. The van der Waals surface area contributed by atoms with E-state index >= 15 is 0 Å². The molecule has 1 N–H and O–H groups in total. The zero-order valence-electron chi connectivity index (χ0n) is 13.5. The van der Waals surface area contributed by atoms with E-state index in [1.165, 1.54) is 25.7 Å². The molecule has 0 saturated carbocycles. The number of rotatable bonds is 13. The van der Waals surface area contributed by atoms with Gasteiger partial charge in [-0.05, 0) is 25.7 Å². The molecule has 0 saturated heterocycles. The quantitative estimate of drug-likeness (QED) is 0.309. The van der Waals surface area contributed by atoms with Crippen LogP contribution in [0.2, 0.25) is 0 Å². The average molecular weight is 298 g/mol. The van der Waals surface area contributed by atoms with Gasteiger partial charge in [-0.3, -0.25) is 0 Å². The van der Waals surface area contributed by atoms with Crippen LogP contribution in [-0.2, 0) is 14.3 Å². The van der Waals surface area contributed by atoms with Crippen molar-refractivity contribution in [1.82, 2.24) is 0 Å². The Kier molecular flexibility index (Phi) is 12.8. The number of carboxylic acids is 1. The first-order chi connectivity index (χ1) is 10.1. The summed E-state index contributed by atoms with van der Waals surface area (Å²) in [6.07, 6.45) is 12.7. The van der Waals surface area contributed by atoms with E-state index < -0.39 is 11.9 Å². The molecule has 21 heavy (non-hydrogen) atoms. The highest BCUT2D eigenvalue weighted by molar-refractivity contribution is 5.90. The van der Waals surface area contributed by atoms with Gasteiger partial charge >= 0.3 is 11.9 Å². The third kappa shape index (κ3) is 13.4. The molecule has 0 aliphatic rings. The van der Waals surface area contributed by atoms with Crippen molar-refractivity contribution in [3.8, 4) is 0 Å². The van der Waals surface area contributed by atoms with Gasteiger partial charge in [-0.2, -0.15) is 0 Å². The van der Waals surface area contributed by atoms with Crippen molar-refractivity contribution in [2.24, 2.45) is 0 Å². The molecule has 0 heterocycles. The van der Waals surface area contributed by atoms with Crippen LogP contribution >= 0.6 is 0 Å². The Bertz CT molecular complexity index is 298. The molecule has 0 fully saturated rings. The molecule has 0 amide bonds. The van der Waals surface area contributed by atoms with Crippen LogP contribution in [-0.4, -0.2) is 23.1 Å². The van der Waals surface area contributed by atoms with E-state index in [1.807, 2.05) is 0 Å². The van der Waals surface area contributed by atoms with Crippen LogP contribution in [0.5, 0.6) is 0 Å². The second kappa shape index (κ2) is 13.7. The van der Waals surface area contributed by atoms with Crippen molar-refractivity contribution in [2.75, 3.05) is 0 Å². The van der Waals surface area contributed by atoms with E-state index in [2.05, 4.69) is 13.8 Å². The van der Waals surface area contributed by atoms with Crippen LogP contribution in [0.3, 0.4) is 0 Å².